The van der Waals surface area contributed by atoms with Gasteiger partial charge in [-0.05, 0) is 75.2 Å². The van der Waals surface area contributed by atoms with Gasteiger partial charge < -0.3 is 10.1 Å². The zero-order valence-electron chi connectivity index (χ0n) is 17.2. The largest absolute Gasteiger partial charge is 0.497 e. The van der Waals surface area contributed by atoms with Gasteiger partial charge in [0.05, 0.1) is 17.7 Å². The van der Waals surface area contributed by atoms with Gasteiger partial charge in [0.15, 0.2) is 0 Å². The molecule has 7 heteroatoms. The van der Waals surface area contributed by atoms with Gasteiger partial charge in [0.25, 0.3) is 15.9 Å². The van der Waals surface area contributed by atoms with E-state index in [-0.39, 0.29) is 16.3 Å². The van der Waals surface area contributed by atoms with Gasteiger partial charge in [-0.25, -0.2) is 8.42 Å². The molecule has 0 heterocycles. The number of rotatable bonds is 7. The molecule has 1 amide bonds. The second-order valence-electron chi connectivity index (χ2n) is 7.34. The van der Waals surface area contributed by atoms with Crippen molar-refractivity contribution < 1.29 is 17.9 Å². The van der Waals surface area contributed by atoms with Crippen molar-refractivity contribution in [2.24, 2.45) is 0 Å². The van der Waals surface area contributed by atoms with Crippen molar-refractivity contribution in [3.63, 3.8) is 0 Å². The molecule has 0 unspecified atom stereocenters. The lowest BCUT2D eigenvalue weighted by Crippen LogP contribution is -2.42. The average Bonchev–Trinajstić information content (AvgIpc) is 2.67. The highest BCUT2D eigenvalue weighted by Gasteiger charge is 2.24. The molecule has 0 saturated heterocycles. The molecule has 0 bridgehead atoms. The maximum absolute atomic E-state index is 12.9. The smallest absolute Gasteiger partial charge is 0.264 e. The van der Waals surface area contributed by atoms with Crippen molar-refractivity contribution >= 4 is 21.6 Å². The molecule has 0 radical (unpaired) electrons. The molecule has 1 N–H and O–H groups in total. The van der Waals surface area contributed by atoms with Gasteiger partial charge in [-0.3, -0.25) is 9.10 Å². The highest BCUT2D eigenvalue weighted by atomic mass is 32.2. The first-order valence-electron chi connectivity index (χ1n) is 9.08. The normalized spacial score (nSPS) is 11.8. The van der Waals surface area contributed by atoms with E-state index >= 15 is 0 Å². The van der Waals surface area contributed by atoms with Gasteiger partial charge in [0.1, 0.15) is 5.75 Å². The maximum Gasteiger partial charge on any atom is 0.264 e. The van der Waals surface area contributed by atoms with E-state index < -0.39 is 10.0 Å². The van der Waals surface area contributed by atoms with Crippen LogP contribution in [0.5, 0.6) is 5.75 Å². The van der Waals surface area contributed by atoms with Crippen LogP contribution >= 0.6 is 0 Å². The molecule has 0 aliphatic carbocycles. The Kier molecular flexibility index (Phi) is 6.39. The highest BCUT2D eigenvalue weighted by Crippen LogP contribution is 2.27. The van der Waals surface area contributed by atoms with Crippen LogP contribution in [0.4, 0.5) is 5.69 Å². The van der Waals surface area contributed by atoms with Crippen LogP contribution in [0.25, 0.3) is 0 Å². The van der Waals surface area contributed by atoms with Gasteiger partial charge in [-0.15, -0.1) is 0 Å². The van der Waals surface area contributed by atoms with E-state index in [0.717, 1.165) is 6.42 Å². The van der Waals surface area contributed by atoms with Crippen molar-refractivity contribution in [3.8, 4) is 5.75 Å². The number of carbonyl (C=O) groups excluding carboxylic acids is 1. The van der Waals surface area contributed by atoms with Gasteiger partial charge in [-0.2, -0.15) is 0 Å². The second kappa shape index (κ2) is 8.22. The first-order valence-corrected chi connectivity index (χ1v) is 10.5. The fraction of sp³-hybridized carbons (Fsp3) is 0.381. The second-order valence-corrected chi connectivity index (χ2v) is 9.31. The third-order valence-electron chi connectivity index (χ3n) is 4.85. The number of aryl methyl sites for hydroxylation is 1. The summed E-state index contributed by atoms with van der Waals surface area (Å²) >= 11 is 0. The molecule has 2 aromatic carbocycles. The van der Waals surface area contributed by atoms with Gasteiger partial charge in [0, 0.05) is 18.2 Å². The van der Waals surface area contributed by atoms with Gasteiger partial charge in [0.2, 0.25) is 0 Å². The number of methoxy groups -OCH3 is 1. The Morgan fingerprint density at radius 3 is 2.25 bits per heavy atom. The molecule has 0 aliphatic heterocycles. The van der Waals surface area contributed by atoms with Crippen LogP contribution < -0.4 is 14.4 Å². The number of nitrogens with one attached hydrogen (secondary N) is 1. The van der Waals surface area contributed by atoms with Crippen molar-refractivity contribution in [1.82, 2.24) is 5.32 Å². The molecule has 2 aromatic rings. The summed E-state index contributed by atoms with van der Waals surface area (Å²) in [6.07, 6.45) is 0.804. The maximum atomic E-state index is 12.9. The number of sulfonamides is 1. The summed E-state index contributed by atoms with van der Waals surface area (Å²) in [5, 5.41) is 2.98. The molecular weight excluding hydrogens is 376 g/mol. The van der Waals surface area contributed by atoms with E-state index in [0.29, 0.717) is 22.6 Å². The lowest BCUT2D eigenvalue weighted by molar-refractivity contribution is 0.0911. The fourth-order valence-corrected chi connectivity index (χ4v) is 3.91. The number of hydrogen-bond donors (Lipinski definition) is 1. The minimum Gasteiger partial charge on any atom is -0.497 e. The Morgan fingerprint density at radius 1 is 1.14 bits per heavy atom. The number of carbonyl (C=O) groups is 1. The van der Waals surface area contributed by atoms with Crippen molar-refractivity contribution in [1.29, 1.82) is 0 Å². The molecule has 28 heavy (non-hydrogen) atoms. The van der Waals surface area contributed by atoms with Crippen LogP contribution in [0.15, 0.2) is 47.4 Å². The number of amides is 1. The average molecular weight is 405 g/mol. The molecule has 6 nitrogen and oxygen atoms in total. The Labute approximate surface area is 167 Å². The SMILES string of the molecule is CCC(C)(C)NC(=O)c1ccc(N(C)S(=O)(=O)c2ccc(OC)cc2)c(C)c1. The van der Waals surface area contributed by atoms with Crippen LogP contribution in [0, 0.1) is 6.92 Å². The van der Waals surface area contributed by atoms with E-state index in [4.69, 9.17) is 4.74 Å². The highest BCUT2D eigenvalue weighted by molar-refractivity contribution is 7.92. The molecule has 0 saturated carbocycles. The minimum atomic E-state index is -3.73. The molecule has 0 aromatic heterocycles. The van der Waals surface area contributed by atoms with Crippen molar-refractivity contribution in [2.45, 2.75) is 44.6 Å². The van der Waals surface area contributed by atoms with Crippen LogP contribution in [-0.2, 0) is 10.0 Å². The van der Waals surface area contributed by atoms with Crippen LogP contribution in [-0.4, -0.2) is 34.0 Å². The van der Waals surface area contributed by atoms with Gasteiger partial charge >= 0.3 is 0 Å². The van der Waals surface area contributed by atoms with Crippen molar-refractivity contribution in [3.05, 3.63) is 53.6 Å². The van der Waals surface area contributed by atoms with Gasteiger partial charge in [-0.1, -0.05) is 6.92 Å². The number of benzene rings is 2. The Bertz CT molecular complexity index is 951. The number of nitrogens with zero attached hydrogens (tertiary/aromatic N) is 1. The zero-order valence-corrected chi connectivity index (χ0v) is 18.1. The molecule has 0 aliphatic rings. The summed E-state index contributed by atoms with van der Waals surface area (Å²) in [5.41, 5.74) is 1.40. The van der Waals surface area contributed by atoms with Crippen LogP contribution in [0.1, 0.15) is 43.1 Å². The predicted molar refractivity (Wildman–Crippen MR) is 112 cm³/mol. The standard InChI is InChI=1S/C21H28N2O4S/c1-7-21(3,4)22-20(24)16-8-13-19(15(2)14-16)23(5)28(25,26)18-11-9-17(27-6)10-12-18/h8-14H,7H2,1-6H3,(H,22,24). The van der Waals surface area contributed by atoms with E-state index in [9.17, 15) is 13.2 Å². The minimum absolute atomic E-state index is 0.168. The summed E-state index contributed by atoms with van der Waals surface area (Å²) in [7, 11) is -0.700. The van der Waals surface area contributed by atoms with Crippen molar-refractivity contribution in [2.75, 3.05) is 18.5 Å². The Morgan fingerprint density at radius 2 is 1.75 bits per heavy atom. The molecule has 0 spiro atoms. The molecule has 0 fully saturated rings. The summed E-state index contributed by atoms with van der Waals surface area (Å²) in [6, 6.07) is 11.2. The summed E-state index contributed by atoms with van der Waals surface area (Å²) in [5.74, 6) is 0.408. The fourth-order valence-electron chi connectivity index (χ4n) is 2.65. The predicted octanol–water partition coefficient (Wildman–Crippen LogP) is 3.75. The molecule has 0 atom stereocenters. The number of ether oxygens (including phenoxy) is 1. The number of anilines is 1. The zero-order chi connectivity index (χ0) is 21.1. The molecule has 152 valence electrons. The summed E-state index contributed by atoms with van der Waals surface area (Å²) < 4.78 is 32.2. The Hall–Kier alpha value is -2.54. The third kappa shape index (κ3) is 4.65. The lowest BCUT2D eigenvalue weighted by Gasteiger charge is -2.25. The summed E-state index contributed by atoms with van der Waals surface area (Å²) in [6.45, 7) is 7.72. The number of hydrogen-bond acceptors (Lipinski definition) is 4. The van der Waals surface area contributed by atoms with E-state index in [1.807, 2.05) is 20.8 Å². The lowest BCUT2D eigenvalue weighted by atomic mass is 10.0. The first-order chi connectivity index (χ1) is 13.0. The quantitative estimate of drug-likeness (QED) is 0.763. The third-order valence-corrected chi connectivity index (χ3v) is 6.64. The van der Waals surface area contributed by atoms with E-state index in [1.165, 1.54) is 30.6 Å². The summed E-state index contributed by atoms with van der Waals surface area (Å²) in [4.78, 5) is 12.6. The first kappa shape index (κ1) is 21.8. The Balaban J connectivity index is 2.30. The molecule has 2 rings (SSSR count). The topological polar surface area (TPSA) is 75.7 Å². The molecular formula is C21H28N2O4S. The van der Waals surface area contributed by atoms with Crippen LogP contribution in [0.2, 0.25) is 0 Å². The van der Waals surface area contributed by atoms with E-state index in [2.05, 4.69) is 5.32 Å². The van der Waals surface area contributed by atoms with E-state index in [1.54, 1.807) is 37.3 Å². The monoisotopic (exact) mass is 404 g/mol. The van der Waals surface area contributed by atoms with Crippen LogP contribution in [0.3, 0.4) is 0 Å².